The second kappa shape index (κ2) is 7.00. The first-order chi connectivity index (χ1) is 11.7. The summed E-state index contributed by atoms with van der Waals surface area (Å²) in [5.41, 5.74) is 1.86. The minimum absolute atomic E-state index is 0.112. The Labute approximate surface area is 157 Å². The number of halogens is 1. The van der Waals surface area contributed by atoms with Crippen molar-refractivity contribution in [2.24, 2.45) is 0 Å². The first-order valence-corrected chi connectivity index (χ1v) is 12.2. The van der Waals surface area contributed by atoms with Gasteiger partial charge in [-0.1, -0.05) is 24.6 Å². The number of sulfonamides is 1. The van der Waals surface area contributed by atoms with Gasteiger partial charge in [-0.25, -0.2) is 21.6 Å². The van der Waals surface area contributed by atoms with E-state index < -0.39 is 19.9 Å². The van der Waals surface area contributed by atoms with E-state index in [4.69, 9.17) is 11.6 Å². The summed E-state index contributed by atoms with van der Waals surface area (Å²) in [6, 6.07) is 7.82. The molecule has 0 saturated carbocycles. The third-order valence-corrected chi connectivity index (χ3v) is 9.24. The van der Waals surface area contributed by atoms with E-state index in [1.165, 1.54) is 6.07 Å². The molecule has 1 atom stereocenters. The van der Waals surface area contributed by atoms with Gasteiger partial charge >= 0.3 is 0 Å². The van der Waals surface area contributed by atoms with Crippen LogP contribution in [0.25, 0.3) is 0 Å². The number of sulfone groups is 1. The number of rotatable bonds is 6. The van der Waals surface area contributed by atoms with Crippen molar-refractivity contribution >= 4 is 42.8 Å². The van der Waals surface area contributed by atoms with Crippen LogP contribution in [0.1, 0.15) is 24.5 Å². The molecule has 0 fully saturated rings. The lowest BCUT2D eigenvalue weighted by Crippen LogP contribution is -2.34. The summed E-state index contributed by atoms with van der Waals surface area (Å²) >= 11 is 6.82. The number of nitrogens with one attached hydrogen (secondary N) is 1. The molecular weight excluding hydrogens is 402 g/mol. The zero-order valence-corrected chi connectivity index (χ0v) is 16.7. The second-order valence-electron chi connectivity index (χ2n) is 6.03. The highest BCUT2D eigenvalue weighted by Crippen LogP contribution is 2.29. The lowest BCUT2D eigenvalue weighted by atomic mass is 10.1. The first-order valence-electron chi connectivity index (χ1n) is 7.83. The third-order valence-electron chi connectivity index (χ3n) is 4.08. The molecule has 1 aliphatic rings. The van der Waals surface area contributed by atoms with Gasteiger partial charge in [-0.05, 0) is 54.7 Å². The Balaban J connectivity index is 1.78. The van der Waals surface area contributed by atoms with Gasteiger partial charge in [0.2, 0.25) is 10.0 Å². The molecule has 25 heavy (non-hydrogen) atoms. The van der Waals surface area contributed by atoms with E-state index in [0.29, 0.717) is 28.5 Å². The summed E-state index contributed by atoms with van der Waals surface area (Å²) in [5.74, 6) is 0.112. The highest BCUT2D eigenvalue weighted by molar-refractivity contribution is 7.91. The lowest BCUT2D eigenvalue weighted by Gasteiger charge is -2.11. The number of thiophene rings is 1. The van der Waals surface area contributed by atoms with E-state index in [2.05, 4.69) is 4.72 Å². The minimum Gasteiger partial charge on any atom is -0.224 e. The quantitative estimate of drug-likeness (QED) is 0.780. The Hall–Kier alpha value is -0.930. The molecule has 5 nitrogen and oxygen atoms in total. The molecule has 3 rings (SSSR count). The van der Waals surface area contributed by atoms with Crippen LogP contribution in [0.2, 0.25) is 4.34 Å². The minimum atomic E-state index is -3.62. The molecule has 0 amide bonds. The monoisotopic (exact) mass is 419 g/mol. The average molecular weight is 420 g/mol. The van der Waals surface area contributed by atoms with E-state index in [-0.39, 0.29) is 16.0 Å². The topological polar surface area (TPSA) is 80.3 Å². The molecule has 1 aromatic heterocycles. The molecule has 0 spiro atoms. The highest BCUT2D eigenvalue weighted by Gasteiger charge is 2.28. The zero-order chi connectivity index (χ0) is 18.2. The van der Waals surface area contributed by atoms with Gasteiger partial charge in [0.25, 0.3) is 0 Å². The van der Waals surface area contributed by atoms with Crippen LogP contribution >= 0.6 is 22.9 Å². The SMILES string of the molecule is CCCS(=O)(=O)c1ccc2c(c1)CC(NS(=O)(=O)c1ccc(Cl)s1)C2. The molecule has 0 bridgehead atoms. The number of benzene rings is 1. The lowest BCUT2D eigenvalue weighted by molar-refractivity contribution is 0.557. The molecule has 1 heterocycles. The van der Waals surface area contributed by atoms with Crippen LogP contribution < -0.4 is 4.72 Å². The summed E-state index contributed by atoms with van der Waals surface area (Å²) in [5, 5.41) is 0. The van der Waals surface area contributed by atoms with Gasteiger partial charge in [-0.2, -0.15) is 0 Å². The molecule has 2 aromatic rings. The van der Waals surface area contributed by atoms with E-state index in [9.17, 15) is 16.8 Å². The Morgan fingerprint density at radius 2 is 1.84 bits per heavy atom. The summed E-state index contributed by atoms with van der Waals surface area (Å²) < 4.78 is 52.5. The number of hydrogen-bond acceptors (Lipinski definition) is 5. The largest absolute Gasteiger partial charge is 0.250 e. The Bertz CT molecular complexity index is 996. The number of hydrogen-bond donors (Lipinski definition) is 1. The van der Waals surface area contributed by atoms with Crippen molar-refractivity contribution in [2.45, 2.75) is 41.3 Å². The molecule has 0 aliphatic heterocycles. The van der Waals surface area contributed by atoms with Crippen LogP contribution in [0, 0.1) is 0 Å². The van der Waals surface area contributed by atoms with Gasteiger partial charge in [0.15, 0.2) is 9.84 Å². The fraction of sp³-hybridized carbons (Fsp3) is 0.375. The highest BCUT2D eigenvalue weighted by atomic mass is 35.5. The van der Waals surface area contributed by atoms with Crippen LogP contribution in [0.15, 0.2) is 39.4 Å². The molecule has 0 radical (unpaired) electrons. The molecule has 0 saturated heterocycles. The normalized spacial score (nSPS) is 17.6. The fourth-order valence-electron chi connectivity index (χ4n) is 2.98. The standard InChI is InChI=1S/C16H18ClNO4S3/c1-2-7-24(19,20)14-4-3-11-8-13(9-12(11)10-14)18-25(21,22)16-6-5-15(17)23-16/h3-6,10,13,18H,2,7-9H2,1H3. The molecule has 1 aliphatic carbocycles. The van der Waals surface area contributed by atoms with Gasteiger partial charge in [0.1, 0.15) is 4.21 Å². The van der Waals surface area contributed by atoms with Gasteiger partial charge in [-0.15, -0.1) is 11.3 Å². The smallest absolute Gasteiger partial charge is 0.224 e. The Morgan fingerprint density at radius 1 is 1.12 bits per heavy atom. The Morgan fingerprint density at radius 3 is 2.48 bits per heavy atom. The first kappa shape index (κ1) is 18.8. The van der Waals surface area contributed by atoms with Crippen molar-refractivity contribution in [3.8, 4) is 0 Å². The number of fused-ring (bicyclic) bond motifs is 1. The van der Waals surface area contributed by atoms with Crippen LogP contribution in [-0.2, 0) is 32.7 Å². The summed E-state index contributed by atoms with van der Waals surface area (Å²) in [6.45, 7) is 1.83. The van der Waals surface area contributed by atoms with E-state index in [1.807, 2.05) is 6.92 Å². The van der Waals surface area contributed by atoms with Crippen LogP contribution in [-0.4, -0.2) is 28.6 Å². The molecule has 1 N–H and O–H groups in total. The predicted molar refractivity (Wildman–Crippen MR) is 99.6 cm³/mol. The van der Waals surface area contributed by atoms with Crippen molar-refractivity contribution in [3.63, 3.8) is 0 Å². The van der Waals surface area contributed by atoms with Gasteiger partial charge in [0, 0.05) is 6.04 Å². The maximum Gasteiger partial charge on any atom is 0.250 e. The van der Waals surface area contributed by atoms with E-state index in [1.54, 1.807) is 24.3 Å². The van der Waals surface area contributed by atoms with Crippen molar-refractivity contribution in [3.05, 3.63) is 45.8 Å². The van der Waals surface area contributed by atoms with Gasteiger partial charge in [-0.3, -0.25) is 0 Å². The molecular formula is C16H18ClNO4S3. The summed E-state index contributed by atoms with van der Waals surface area (Å²) in [4.78, 5) is 0.307. The maximum absolute atomic E-state index is 12.4. The predicted octanol–water partition coefficient (Wildman–Crippen LogP) is 3.03. The van der Waals surface area contributed by atoms with E-state index >= 15 is 0 Å². The van der Waals surface area contributed by atoms with Crippen molar-refractivity contribution < 1.29 is 16.8 Å². The summed E-state index contributed by atoms with van der Waals surface area (Å²) in [7, 11) is -6.90. The van der Waals surface area contributed by atoms with Crippen molar-refractivity contribution in [1.82, 2.24) is 4.72 Å². The van der Waals surface area contributed by atoms with Gasteiger partial charge in [0.05, 0.1) is 15.0 Å². The van der Waals surface area contributed by atoms with Crippen LogP contribution in [0.4, 0.5) is 0 Å². The molecule has 136 valence electrons. The molecule has 1 aromatic carbocycles. The average Bonchev–Trinajstić information content (AvgIpc) is 3.11. The summed E-state index contributed by atoms with van der Waals surface area (Å²) in [6.07, 6.45) is 1.58. The maximum atomic E-state index is 12.4. The van der Waals surface area contributed by atoms with Crippen molar-refractivity contribution in [1.29, 1.82) is 0 Å². The fourth-order valence-corrected chi connectivity index (χ4v) is 7.08. The third kappa shape index (κ3) is 4.09. The Kier molecular flexibility index (Phi) is 5.28. The zero-order valence-electron chi connectivity index (χ0n) is 13.5. The molecule has 9 heteroatoms. The van der Waals surface area contributed by atoms with Crippen molar-refractivity contribution in [2.75, 3.05) is 5.75 Å². The van der Waals surface area contributed by atoms with E-state index in [0.717, 1.165) is 22.5 Å². The molecule has 1 unspecified atom stereocenters. The second-order valence-corrected chi connectivity index (χ2v) is 11.8. The van der Waals surface area contributed by atoms with Gasteiger partial charge < -0.3 is 0 Å². The van der Waals surface area contributed by atoms with Crippen LogP contribution in [0.3, 0.4) is 0 Å². The van der Waals surface area contributed by atoms with Crippen LogP contribution in [0.5, 0.6) is 0 Å².